The van der Waals surface area contributed by atoms with Crippen LogP contribution in [-0.2, 0) is 9.63 Å². The molecule has 1 aliphatic rings. The number of nitrogens with zero attached hydrogens (tertiary/aromatic N) is 1. The second-order valence-electron chi connectivity index (χ2n) is 5.45. The van der Waals surface area contributed by atoms with Gasteiger partial charge in [0.15, 0.2) is 17.7 Å². The molecule has 0 saturated carbocycles. The van der Waals surface area contributed by atoms with Gasteiger partial charge in [0.05, 0.1) is 15.6 Å². The predicted octanol–water partition coefficient (Wildman–Crippen LogP) is 1.58. The normalized spacial score (nSPS) is 15.5. The molecule has 146 valence electrons. The number of carbonyl (C=O) groups is 3. The summed E-state index contributed by atoms with van der Waals surface area (Å²) in [5.41, 5.74) is 1.60. The first-order valence-electron chi connectivity index (χ1n) is 7.56. The number of halogens is 2. The highest BCUT2D eigenvalue weighted by molar-refractivity contribution is 6.37. The van der Waals surface area contributed by atoms with Gasteiger partial charge >= 0.3 is 6.09 Å². The van der Waals surface area contributed by atoms with Crippen LogP contribution in [0.15, 0.2) is 23.0 Å². The maximum Gasteiger partial charge on any atom is 0.427 e. The first kappa shape index (κ1) is 19.6. The fourth-order valence-electron chi connectivity index (χ4n) is 2.16. The minimum atomic E-state index is -1.09. The molecule has 13 heteroatoms. The van der Waals surface area contributed by atoms with Crippen molar-refractivity contribution < 1.29 is 24.0 Å². The lowest BCUT2D eigenvalue weighted by atomic mass is 10.2. The molecular weight excluding hydrogens is 417 g/mol. The molecule has 1 fully saturated rings. The van der Waals surface area contributed by atoms with E-state index in [1.165, 1.54) is 19.1 Å². The summed E-state index contributed by atoms with van der Waals surface area (Å²) in [7, 11) is 0. The van der Waals surface area contributed by atoms with Gasteiger partial charge in [-0.25, -0.2) is 9.89 Å². The smallest absolute Gasteiger partial charge is 0.427 e. The minimum absolute atomic E-state index is 0.00832. The molecule has 3 rings (SSSR count). The van der Waals surface area contributed by atoms with Gasteiger partial charge in [-0.1, -0.05) is 23.2 Å². The van der Waals surface area contributed by atoms with Crippen LogP contribution in [0.3, 0.4) is 0 Å². The number of ether oxygens (including phenoxy) is 1. The lowest BCUT2D eigenvalue weighted by Crippen LogP contribution is -2.43. The number of carbonyl (C=O) groups excluding carboxylic acids is 3. The van der Waals surface area contributed by atoms with Crippen molar-refractivity contribution in [1.29, 1.82) is 0 Å². The molecule has 28 heavy (non-hydrogen) atoms. The molecule has 1 aromatic heterocycles. The summed E-state index contributed by atoms with van der Waals surface area (Å²) >= 11 is 12.3. The van der Waals surface area contributed by atoms with Gasteiger partial charge < -0.3 is 14.9 Å². The molecule has 0 radical (unpaired) electrons. The highest BCUT2D eigenvalue weighted by atomic mass is 35.5. The monoisotopic (exact) mass is 427 g/mol. The van der Waals surface area contributed by atoms with Gasteiger partial charge in [0.2, 0.25) is 5.88 Å². The van der Waals surface area contributed by atoms with Crippen molar-refractivity contribution in [1.82, 2.24) is 21.0 Å². The average molecular weight is 428 g/mol. The van der Waals surface area contributed by atoms with Crippen molar-refractivity contribution in [2.75, 3.05) is 5.32 Å². The maximum atomic E-state index is 12.0. The topological polar surface area (TPSA) is 152 Å². The Morgan fingerprint density at radius 3 is 2.46 bits per heavy atom. The Morgan fingerprint density at radius 1 is 1.21 bits per heavy atom. The summed E-state index contributed by atoms with van der Waals surface area (Å²) in [5.74, 6) is -1.22. The molecule has 1 aliphatic heterocycles. The van der Waals surface area contributed by atoms with E-state index in [4.69, 9.17) is 27.9 Å². The number of amides is 2. The van der Waals surface area contributed by atoms with Crippen LogP contribution in [-0.4, -0.2) is 34.1 Å². The van der Waals surface area contributed by atoms with Gasteiger partial charge in [0.1, 0.15) is 0 Å². The third-order valence-electron chi connectivity index (χ3n) is 3.43. The van der Waals surface area contributed by atoms with E-state index in [9.17, 15) is 19.2 Å². The molecule has 1 aromatic carbocycles. The Bertz CT molecular complexity index is 1020. The number of ketones is 1. The van der Waals surface area contributed by atoms with E-state index < -0.39 is 29.5 Å². The number of Topliss-reactive ketones (excluding diaryl/α,β-unsaturated/α-hetero) is 1. The summed E-state index contributed by atoms with van der Waals surface area (Å²) in [5, 5.41) is 10.5. The second-order valence-corrected chi connectivity index (χ2v) is 6.26. The lowest BCUT2D eigenvalue weighted by Gasteiger charge is -2.13. The lowest BCUT2D eigenvalue weighted by molar-refractivity contribution is -0.119. The molecule has 11 nitrogen and oxygen atoms in total. The molecule has 1 unspecified atom stereocenters. The van der Waals surface area contributed by atoms with Crippen molar-refractivity contribution in [3.05, 3.63) is 44.2 Å². The minimum Gasteiger partial charge on any atom is -0.434 e. The maximum absolute atomic E-state index is 12.0. The van der Waals surface area contributed by atoms with E-state index in [0.29, 0.717) is 0 Å². The van der Waals surface area contributed by atoms with Gasteiger partial charge in [-0.15, -0.1) is 10.6 Å². The summed E-state index contributed by atoms with van der Waals surface area (Å²) < 4.78 is 5.46. The molecule has 4 N–H and O–H groups in total. The summed E-state index contributed by atoms with van der Waals surface area (Å²) in [6.07, 6.45) is -1.88. The number of aromatic amines is 1. The van der Waals surface area contributed by atoms with Crippen LogP contribution in [0.1, 0.15) is 17.3 Å². The number of nitrogens with one attached hydrogen (secondary N) is 4. The zero-order valence-electron chi connectivity index (χ0n) is 14.0. The molecular formula is C15H11Cl2N5O6. The Balaban J connectivity index is 1.80. The molecule has 2 heterocycles. The standard InChI is InChI=1S/C15H11Cl2N5O6/c1-5(23)7-4-10(20-21-13(7)24)27-11-8(16)2-6(3-9(11)17)18-14(25)12-19-15(26)28-22-12/h2-4,12,22H,1H3,(H,18,25)(H,19,26)(H,21,24). The van der Waals surface area contributed by atoms with Crippen LogP contribution < -0.4 is 26.4 Å². The van der Waals surface area contributed by atoms with Crippen LogP contribution in [0, 0.1) is 0 Å². The van der Waals surface area contributed by atoms with Crippen LogP contribution in [0.5, 0.6) is 11.6 Å². The summed E-state index contributed by atoms with van der Waals surface area (Å²) in [6, 6.07) is 3.84. The zero-order valence-corrected chi connectivity index (χ0v) is 15.5. The fraction of sp³-hybridized carbons (Fsp3) is 0.133. The van der Waals surface area contributed by atoms with Crippen molar-refractivity contribution >= 4 is 46.7 Å². The number of aromatic nitrogens is 2. The molecule has 1 atom stereocenters. The second kappa shape index (κ2) is 7.84. The van der Waals surface area contributed by atoms with E-state index in [0.717, 1.165) is 6.07 Å². The summed E-state index contributed by atoms with van der Waals surface area (Å²) in [4.78, 5) is 50.4. The quantitative estimate of drug-likeness (QED) is 0.524. The van der Waals surface area contributed by atoms with Crippen molar-refractivity contribution in [3.63, 3.8) is 0 Å². The fourth-order valence-corrected chi connectivity index (χ4v) is 2.72. The van der Waals surface area contributed by atoms with Crippen LogP contribution >= 0.6 is 23.2 Å². The molecule has 1 saturated heterocycles. The van der Waals surface area contributed by atoms with Gasteiger partial charge in [-0.3, -0.25) is 19.7 Å². The highest BCUT2D eigenvalue weighted by Gasteiger charge is 2.29. The molecule has 2 aromatic rings. The van der Waals surface area contributed by atoms with Crippen molar-refractivity contribution in [3.8, 4) is 11.6 Å². The number of benzene rings is 1. The average Bonchev–Trinajstić information content (AvgIpc) is 3.06. The predicted molar refractivity (Wildman–Crippen MR) is 96.6 cm³/mol. The van der Waals surface area contributed by atoms with E-state index >= 15 is 0 Å². The van der Waals surface area contributed by atoms with Gasteiger partial charge in [0.25, 0.3) is 11.5 Å². The number of hydrogen-bond acceptors (Lipinski definition) is 8. The van der Waals surface area contributed by atoms with Gasteiger partial charge in [-0.05, 0) is 19.1 Å². The molecule has 2 amide bonds. The van der Waals surface area contributed by atoms with Crippen LogP contribution in [0.25, 0.3) is 0 Å². The number of hydroxylamine groups is 1. The Morgan fingerprint density at radius 2 is 1.89 bits per heavy atom. The molecule has 0 bridgehead atoms. The summed E-state index contributed by atoms with van der Waals surface area (Å²) in [6.45, 7) is 1.22. The van der Waals surface area contributed by atoms with Crippen molar-refractivity contribution in [2.24, 2.45) is 0 Å². The van der Waals surface area contributed by atoms with E-state index in [1.807, 2.05) is 0 Å². The SMILES string of the molecule is CC(=O)c1cc(Oc2c(Cl)cc(NC(=O)C3NOC(=O)N3)cc2Cl)n[nH]c1=O. The number of rotatable bonds is 5. The van der Waals surface area contributed by atoms with Gasteiger partial charge in [0, 0.05) is 11.8 Å². The highest BCUT2D eigenvalue weighted by Crippen LogP contribution is 2.38. The number of anilines is 1. The number of H-pyrrole nitrogens is 1. The Hall–Kier alpha value is -3.15. The van der Waals surface area contributed by atoms with Gasteiger partial charge in [-0.2, -0.15) is 0 Å². The first-order chi connectivity index (χ1) is 13.2. The third kappa shape index (κ3) is 4.22. The largest absolute Gasteiger partial charge is 0.434 e. The first-order valence-corrected chi connectivity index (χ1v) is 8.31. The van der Waals surface area contributed by atoms with Crippen molar-refractivity contribution in [2.45, 2.75) is 13.1 Å². The van der Waals surface area contributed by atoms with E-state index in [1.54, 1.807) is 0 Å². The van der Waals surface area contributed by atoms with Crippen LogP contribution in [0.2, 0.25) is 10.0 Å². The van der Waals surface area contributed by atoms with Crippen LogP contribution in [0.4, 0.5) is 10.5 Å². The third-order valence-corrected chi connectivity index (χ3v) is 3.99. The zero-order chi connectivity index (χ0) is 20.4. The molecule has 0 aliphatic carbocycles. The van der Waals surface area contributed by atoms with E-state index in [-0.39, 0.29) is 32.9 Å². The Labute approximate surface area is 166 Å². The number of hydrogen-bond donors (Lipinski definition) is 4. The van der Waals surface area contributed by atoms with E-state index in [2.05, 4.69) is 31.1 Å². The molecule has 0 spiro atoms. The Kier molecular flexibility index (Phi) is 5.49.